The van der Waals surface area contributed by atoms with Gasteiger partial charge in [-0.1, -0.05) is 53.8 Å². The lowest BCUT2D eigenvalue weighted by Gasteiger charge is -2.26. The Labute approximate surface area is 86.9 Å². The summed E-state index contributed by atoms with van der Waals surface area (Å²) >= 11 is 3.51. The lowest BCUT2D eigenvalue weighted by molar-refractivity contribution is 0.434. The van der Waals surface area contributed by atoms with Crippen LogP contribution in [0.25, 0.3) is 0 Å². The standard InChI is InChI=1S/C10H20BrSi/c1-2-12-8-5-10(6-9-12)4-3-7-11/h10H,2-9H2,1H3. The number of halogens is 1. The Morgan fingerprint density at radius 1 is 1.33 bits per heavy atom. The summed E-state index contributed by atoms with van der Waals surface area (Å²) in [6.07, 6.45) is 5.97. The Morgan fingerprint density at radius 2 is 2.00 bits per heavy atom. The van der Waals surface area contributed by atoms with Gasteiger partial charge >= 0.3 is 0 Å². The molecule has 0 aromatic rings. The average Bonchev–Trinajstić information content (AvgIpc) is 2.15. The van der Waals surface area contributed by atoms with Gasteiger partial charge in [0.25, 0.3) is 0 Å². The molecule has 0 aliphatic carbocycles. The molecule has 0 saturated carbocycles. The van der Waals surface area contributed by atoms with Crippen LogP contribution in [0.2, 0.25) is 18.1 Å². The lowest BCUT2D eigenvalue weighted by Crippen LogP contribution is -2.20. The Hall–Kier alpha value is 0.697. The monoisotopic (exact) mass is 247 g/mol. The molecule has 0 bridgehead atoms. The molecule has 71 valence electrons. The first-order chi connectivity index (χ1) is 5.86. The molecule has 0 N–H and O–H groups in total. The van der Waals surface area contributed by atoms with Crippen molar-refractivity contribution in [3.8, 4) is 0 Å². The highest BCUT2D eigenvalue weighted by Gasteiger charge is 2.20. The van der Waals surface area contributed by atoms with Crippen LogP contribution in [0.1, 0.15) is 32.6 Å². The van der Waals surface area contributed by atoms with Crippen molar-refractivity contribution in [1.82, 2.24) is 0 Å². The van der Waals surface area contributed by atoms with Crippen LogP contribution in [0, 0.1) is 5.92 Å². The molecule has 1 rings (SSSR count). The number of alkyl halides is 1. The smallest absolute Gasteiger partial charge is 0.0476 e. The molecule has 1 saturated heterocycles. The topological polar surface area (TPSA) is 0 Å². The van der Waals surface area contributed by atoms with Crippen molar-refractivity contribution in [2.45, 2.75) is 50.7 Å². The van der Waals surface area contributed by atoms with Gasteiger partial charge in [-0.2, -0.15) is 0 Å². The van der Waals surface area contributed by atoms with Crippen molar-refractivity contribution < 1.29 is 0 Å². The van der Waals surface area contributed by atoms with Gasteiger partial charge < -0.3 is 0 Å². The van der Waals surface area contributed by atoms with E-state index in [1.54, 1.807) is 24.9 Å². The van der Waals surface area contributed by atoms with Gasteiger partial charge in [0, 0.05) is 14.1 Å². The highest BCUT2D eigenvalue weighted by Crippen LogP contribution is 2.29. The highest BCUT2D eigenvalue weighted by molar-refractivity contribution is 9.09. The fourth-order valence-corrected chi connectivity index (χ4v) is 5.01. The summed E-state index contributed by atoms with van der Waals surface area (Å²) in [5.41, 5.74) is 0. The lowest BCUT2D eigenvalue weighted by atomic mass is 9.97. The van der Waals surface area contributed by atoms with Crippen LogP contribution in [0.3, 0.4) is 0 Å². The molecule has 0 unspecified atom stereocenters. The molecule has 0 amide bonds. The van der Waals surface area contributed by atoms with Crippen LogP contribution < -0.4 is 0 Å². The molecule has 0 aromatic carbocycles. The number of hydrogen-bond acceptors (Lipinski definition) is 0. The zero-order valence-electron chi connectivity index (χ0n) is 8.11. The van der Waals surface area contributed by atoms with Crippen molar-refractivity contribution in [3.63, 3.8) is 0 Å². The van der Waals surface area contributed by atoms with E-state index in [0.29, 0.717) is 0 Å². The maximum absolute atomic E-state index is 3.51. The third kappa shape index (κ3) is 3.61. The van der Waals surface area contributed by atoms with Gasteiger partial charge in [-0.3, -0.25) is 0 Å². The molecule has 0 nitrogen and oxygen atoms in total. The van der Waals surface area contributed by atoms with Crippen molar-refractivity contribution >= 4 is 24.7 Å². The summed E-state index contributed by atoms with van der Waals surface area (Å²) in [6, 6.07) is 4.72. The normalized spacial score (nSPS) is 21.5. The highest BCUT2D eigenvalue weighted by atomic mass is 79.9. The predicted molar refractivity (Wildman–Crippen MR) is 61.6 cm³/mol. The molecule has 1 heterocycles. The van der Waals surface area contributed by atoms with Crippen LogP contribution in [0.5, 0.6) is 0 Å². The zero-order valence-corrected chi connectivity index (χ0v) is 10.7. The van der Waals surface area contributed by atoms with E-state index < -0.39 is 0 Å². The van der Waals surface area contributed by atoms with Gasteiger partial charge in [0.2, 0.25) is 0 Å². The average molecular weight is 248 g/mol. The maximum Gasteiger partial charge on any atom is 0.0476 e. The largest absolute Gasteiger partial charge is 0.0928 e. The van der Waals surface area contributed by atoms with E-state index >= 15 is 0 Å². The third-order valence-corrected chi connectivity index (χ3v) is 6.61. The van der Waals surface area contributed by atoms with E-state index in [1.165, 1.54) is 24.2 Å². The fourth-order valence-electron chi connectivity index (χ4n) is 2.09. The molecule has 1 radical (unpaired) electrons. The van der Waals surface area contributed by atoms with Crippen LogP contribution in [-0.4, -0.2) is 14.1 Å². The summed E-state index contributed by atoms with van der Waals surface area (Å²) in [5, 5.41) is 1.20. The number of rotatable bonds is 4. The molecule has 12 heavy (non-hydrogen) atoms. The Balaban J connectivity index is 2.09. The van der Waals surface area contributed by atoms with E-state index in [2.05, 4.69) is 22.9 Å². The minimum Gasteiger partial charge on any atom is -0.0928 e. The van der Waals surface area contributed by atoms with E-state index in [4.69, 9.17) is 0 Å². The molecule has 1 aliphatic rings. The third-order valence-electron chi connectivity index (χ3n) is 3.06. The molecule has 1 aliphatic heterocycles. The van der Waals surface area contributed by atoms with Gasteiger partial charge in [-0.25, -0.2) is 0 Å². The Kier molecular flexibility index (Phi) is 5.56. The van der Waals surface area contributed by atoms with E-state index in [-0.39, 0.29) is 8.80 Å². The van der Waals surface area contributed by atoms with E-state index in [9.17, 15) is 0 Å². The molecular formula is C10H20BrSi. The minimum absolute atomic E-state index is 0.144. The summed E-state index contributed by atoms with van der Waals surface area (Å²) in [5.74, 6) is 1.09. The molecular weight excluding hydrogens is 228 g/mol. The van der Waals surface area contributed by atoms with Crippen LogP contribution in [-0.2, 0) is 0 Å². The van der Waals surface area contributed by atoms with Crippen molar-refractivity contribution in [1.29, 1.82) is 0 Å². The summed E-state index contributed by atoms with van der Waals surface area (Å²) < 4.78 is 0. The summed E-state index contributed by atoms with van der Waals surface area (Å²) in [4.78, 5) is 0. The minimum atomic E-state index is 0.144. The molecule has 0 aromatic heterocycles. The molecule has 2 heteroatoms. The quantitative estimate of drug-likeness (QED) is 0.519. The Morgan fingerprint density at radius 3 is 2.50 bits per heavy atom. The van der Waals surface area contributed by atoms with Crippen molar-refractivity contribution in [3.05, 3.63) is 0 Å². The predicted octanol–water partition coefficient (Wildman–Crippen LogP) is 4.09. The van der Waals surface area contributed by atoms with Crippen molar-refractivity contribution in [2.75, 3.05) is 5.33 Å². The van der Waals surface area contributed by atoms with Crippen LogP contribution in [0.15, 0.2) is 0 Å². The van der Waals surface area contributed by atoms with Crippen molar-refractivity contribution in [2.24, 2.45) is 5.92 Å². The second kappa shape index (κ2) is 6.20. The first-order valence-electron chi connectivity index (χ1n) is 5.26. The number of hydrogen-bond donors (Lipinski definition) is 0. The van der Waals surface area contributed by atoms with Gasteiger partial charge in [-0.05, 0) is 18.8 Å². The van der Waals surface area contributed by atoms with Crippen LogP contribution >= 0.6 is 15.9 Å². The first kappa shape index (κ1) is 10.8. The SMILES string of the molecule is CC[Si]1CCC(CCCBr)CC1. The van der Waals surface area contributed by atoms with Crippen LogP contribution in [0.4, 0.5) is 0 Å². The van der Waals surface area contributed by atoms with E-state index in [0.717, 1.165) is 5.92 Å². The molecule has 1 fully saturated rings. The summed E-state index contributed by atoms with van der Waals surface area (Å²) in [6.45, 7) is 2.38. The van der Waals surface area contributed by atoms with Gasteiger partial charge in [0.1, 0.15) is 0 Å². The zero-order chi connectivity index (χ0) is 8.81. The molecule has 0 spiro atoms. The van der Waals surface area contributed by atoms with E-state index in [1.807, 2.05) is 0 Å². The molecule has 0 atom stereocenters. The second-order valence-electron chi connectivity index (χ2n) is 3.88. The second-order valence-corrected chi connectivity index (χ2v) is 7.88. The maximum atomic E-state index is 3.51. The van der Waals surface area contributed by atoms with Gasteiger partial charge in [0.15, 0.2) is 0 Å². The fraction of sp³-hybridized carbons (Fsp3) is 1.00. The summed E-state index contributed by atoms with van der Waals surface area (Å²) in [7, 11) is 0.144. The first-order valence-corrected chi connectivity index (χ1v) is 8.50. The Bertz CT molecular complexity index is 108. The van der Waals surface area contributed by atoms with Gasteiger partial charge in [0.05, 0.1) is 0 Å². The van der Waals surface area contributed by atoms with Gasteiger partial charge in [-0.15, -0.1) is 0 Å².